The summed E-state index contributed by atoms with van der Waals surface area (Å²) in [5.41, 5.74) is 8.12. The van der Waals surface area contributed by atoms with Crippen LogP contribution in [0.4, 0.5) is 11.4 Å². The Bertz CT molecular complexity index is 354. The van der Waals surface area contributed by atoms with Gasteiger partial charge in [-0.3, -0.25) is 0 Å². The number of anilines is 2. The largest absolute Gasteiger partial charge is 0.397 e. The average Bonchev–Trinajstić information content (AvgIpc) is 2.30. The highest BCUT2D eigenvalue weighted by molar-refractivity contribution is 5.67. The molecule has 1 aliphatic rings. The second kappa shape index (κ2) is 5.41. The molecule has 0 aliphatic carbocycles. The molecular weight excluding hydrogens is 210 g/mol. The van der Waals surface area contributed by atoms with Crippen molar-refractivity contribution in [1.29, 1.82) is 0 Å². The number of piperidine rings is 1. The van der Waals surface area contributed by atoms with Crippen LogP contribution in [-0.2, 0) is 0 Å². The Morgan fingerprint density at radius 1 is 1.24 bits per heavy atom. The fourth-order valence-electron chi connectivity index (χ4n) is 2.65. The molecule has 0 saturated carbocycles. The maximum absolute atomic E-state index is 6.02. The zero-order chi connectivity index (χ0) is 12.3. The van der Waals surface area contributed by atoms with Gasteiger partial charge in [-0.1, -0.05) is 12.1 Å². The Kier molecular flexibility index (Phi) is 3.89. The summed E-state index contributed by atoms with van der Waals surface area (Å²) in [6.07, 6.45) is 2.54. The third kappa shape index (κ3) is 3.13. The molecule has 0 unspecified atom stereocenters. The fourth-order valence-corrected chi connectivity index (χ4v) is 2.65. The minimum atomic E-state index is 0.839. The molecule has 2 N–H and O–H groups in total. The molecule has 2 rings (SSSR count). The van der Waals surface area contributed by atoms with Crippen molar-refractivity contribution < 1.29 is 0 Å². The molecule has 0 bridgehead atoms. The molecule has 3 heteroatoms. The standard InChI is InChI=1S/C14H23N3/c1-16(2)11-12-7-9-17(10-8-12)14-6-4-3-5-13(14)15/h3-6,12H,7-11,15H2,1-2H3. The smallest absolute Gasteiger partial charge is 0.0599 e. The van der Waals surface area contributed by atoms with Gasteiger partial charge >= 0.3 is 0 Å². The first-order valence-corrected chi connectivity index (χ1v) is 6.41. The summed E-state index contributed by atoms with van der Waals surface area (Å²) in [7, 11) is 4.31. The number of nitrogen functional groups attached to an aromatic ring is 1. The van der Waals surface area contributed by atoms with E-state index in [4.69, 9.17) is 5.73 Å². The Morgan fingerprint density at radius 2 is 1.88 bits per heavy atom. The lowest BCUT2D eigenvalue weighted by Gasteiger charge is -2.35. The quantitative estimate of drug-likeness (QED) is 0.811. The van der Waals surface area contributed by atoms with E-state index in [1.807, 2.05) is 12.1 Å². The SMILES string of the molecule is CN(C)CC1CCN(c2ccccc2N)CC1. The van der Waals surface area contributed by atoms with Gasteiger partial charge in [0.05, 0.1) is 11.4 Å². The van der Waals surface area contributed by atoms with Gasteiger partial charge < -0.3 is 15.5 Å². The lowest BCUT2D eigenvalue weighted by Crippen LogP contribution is -2.37. The Balaban J connectivity index is 1.93. The molecule has 1 aromatic carbocycles. The van der Waals surface area contributed by atoms with Crippen LogP contribution in [0.1, 0.15) is 12.8 Å². The van der Waals surface area contributed by atoms with Gasteiger partial charge in [0.2, 0.25) is 0 Å². The molecule has 1 fully saturated rings. The lowest BCUT2D eigenvalue weighted by atomic mass is 9.96. The van der Waals surface area contributed by atoms with Crippen LogP contribution in [0, 0.1) is 5.92 Å². The molecule has 1 heterocycles. The molecule has 0 amide bonds. The second-order valence-electron chi connectivity index (χ2n) is 5.25. The van der Waals surface area contributed by atoms with Crippen molar-refractivity contribution >= 4 is 11.4 Å². The summed E-state index contributed by atoms with van der Waals surface area (Å²) in [5, 5.41) is 0. The summed E-state index contributed by atoms with van der Waals surface area (Å²) in [5.74, 6) is 0.839. The second-order valence-corrected chi connectivity index (χ2v) is 5.25. The van der Waals surface area contributed by atoms with Crippen molar-refractivity contribution in [2.24, 2.45) is 5.92 Å². The summed E-state index contributed by atoms with van der Waals surface area (Å²) in [6, 6.07) is 8.18. The van der Waals surface area contributed by atoms with Crippen molar-refractivity contribution in [3.8, 4) is 0 Å². The normalized spacial score (nSPS) is 17.7. The van der Waals surface area contributed by atoms with Crippen molar-refractivity contribution in [2.75, 3.05) is 44.4 Å². The van der Waals surface area contributed by atoms with Gasteiger partial charge in [-0.25, -0.2) is 0 Å². The number of hydrogen-bond donors (Lipinski definition) is 1. The minimum absolute atomic E-state index is 0.839. The average molecular weight is 233 g/mol. The van der Waals surface area contributed by atoms with Crippen LogP contribution in [0.15, 0.2) is 24.3 Å². The first kappa shape index (κ1) is 12.2. The Hall–Kier alpha value is -1.22. The number of benzene rings is 1. The van der Waals surface area contributed by atoms with Crippen LogP contribution >= 0.6 is 0 Å². The van der Waals surface area contributed by atoms with E-state index in [9.17, 15) is 0 Å². The number of nitrogens with two attached hydrogens (primary N) is 1. The van der Waals surface area contributed by atoms with E-state index in [1.54, 1.807) is 0 Å². The highest BCUT2D eigenvalue weighted by atomic mass is 15.1. The van der Waals surface area contributed by atoms with Crippen LogP contribution in [0.5, 0.6) is 0 Å². The molecule has 0 radical (unpaired) electrons. The van der Waals surface area contributed by atoms with E-state index in [-0.39, 0.29) is 0 Å². The van der Waals surface area contributed by atoms with E-state index >= 15 is 0 Å². The van der Waals surface area contributed by atoms with E-state index < -0.39 is 0 Å². The van der Waals surface area contributed by atoms with Gasteiger partial charge in [0.15, 0.2) is 0 Å². The highest BCUT2D eigenvalue weighted by Gasteiger charge is 2.20. The molecule has 94 valence electrons. The molecule has 0 spiro atoms. The maximum Gasteiger partial charge on any atom is 0.0599 e. The molecule has 0 aromatic heterocycles. The molecule has 17 heavy (non-hydrogen) atoms. The zero-order valence-corrected chi connectivity index (χ0v) is 10.9. The van der Waals surface area contributed by atoms with Crippen LogP contribution < -0.4 is 10.6 Å². The van der Waals surface area contributed by atoms with Gasteiger partial charge in [0.25, 0.3) is 0 Å². The summed E-state index contributed by atoms with van der Waals surface area (Å²) in [6.45, 7) is 3.47. The monoisotopic (exact) mass is 233 g/mol. The molecule has 1 saturated heterocycles. The van der Waals surface area contributed by atoms with Crippen molar-refractivity contribution in [3.05, 3.63) is 24.3 Å². The zero-order valence-electron chi connectivity index (χ0n) is 10.9. The van der Waals surface area contributed by atoms with Crippen LogP contribution in [-0.4, -0.2) is 38.6 Å². The maximum atomic E-state index is 6.02. The van der Waals surface area contributed by atoms with Crippen LogP contribution in [0.3, 0.4) is 0 Å². The van der Waals surface area contributed by atoms with Gasteiger partial charge in [-0.2, -0.15) is 0 Å². The van der Waals surface area contributed by atoms with Crippen LogP contribution in [0.25, 0.3) is 0 Å². The first-order chi connectivity index (χ1) is 8.16. The summed E-state index contributed by atoms with van der Waals surface area (Å²) in [4.78, 5) is 4.71. The van der Waals surface area contributed by atoms with Gasteiger partial charge in [-0.05, 0) is 45.0 Å². The minimum Gasteiger partial charge on any atom is -0.397 e. The molecule has 1 aliphatic heterocycles. The van der Waals surface area contributed by atoms with Gasteiger partial charge in [-0.15, -0.1) is 0 Å². The van der Waals surface area contributed by atoms with E-state index in [0.29, 0.717) is 0 Å². The topological polar surface area (TPSA) is 32.5 Å². The number of para-hydroxylation sites is 2. The third-order valence-electron chi connectivity index (χ3n) is 3.52. The Morgan fingerprint density at radius 3 is 2.47 bits per heavy atom. The van der Waals surface area contributed by atoms with Gasteiger partial charge in [0.1, 0.15) is 0 Å². The molecule has 1 aromatic rings. The molecule has 3 nitrogen and oxygen atoms in total. The first-order valence-electron chi connectivity index (χ1n) is 6.41. The lowest BCUT2D eigenvalue weighted by molar-refractivity contribution is 0.285. The number of nitrogens with zero attached hydrogens (tertiary/aromatic N) is 2. The van der Waals surface area contributed by atoms with E-state index in [2.05, 4.69) is 36.0 Å². The van der Waals surface area contributed by atoms with Crippen LogP contribution in [0.2, 0.25) is 0 Å². The van der Waals surface area contributed by atoms with E-state index in [1.165, 1.54) is 25.1 Å². The van der Waals surface area contributed by atoms with Crippen molar-refractivity contribution in [3.63, 3.8) is 0 Å². The van der Waals surface area contributed by atoms with Crippen molar-refractivity contribution in [1.82, 2.24) is 4.90 Å². The molecule has 0 atom stereocenters. The predicted molar refractivity (Wildman–Crippen MR) is 74.3 cm³/mol. The summed E-state index contributed by atoms with van der Waals surface area (Å²) >= 11 is 0. The Labute approximate surface area is 104 Å². The van der Waals surface area contributed by atoms with E-state index in [0.717, 1.165) is 24.7 Å². The summed E-state index contributed by atoms with van der Waals surface area (Å²) < 4.78 is 0. The number of rotatable bonds is 3. The molecular formula is C14H23N3. The number of hydrogen-bond acceptors (Lipinski definition) is 3. The van der Waals surface area contributed by atoms with Crippen molar-refractivity contribution in [2.45, 2.75) is 12.8 Å². The predicted octanol–water partition coefficient (Wildman–Crippen LogP) is 2.05. The highest BCUT2D eigenvalue weighted by Crippen LogP contribution is 2.27. The fraction of sp³-hybridized carbons (Fsp3) is 0.571. The third-order valence-corrected chi connectivity index (χ3v) is 3.52. The van der Waals surface area contributed by atoms with Gasteiger partial charge in [0, 0.05) is 19.6 Å².